The summed E-state index contributed by atoms with van der Waals surface area (Å²) < 4.78 is 5.12. The molecule has 0 aromatic rings. The highest BCUT2D eigenvalue weighted by Crippen LogP contribution is 2.01. The molecule has 0 aliphatic carbocycles. The number of ether oxygens (including phenoxy) is 1. The minimum atomic E-state index is 0.501. The van der Waals surface area contributed by atoms with E-state index in [0.29, 0.717) is 12.6 Å². The molecule has 1 unspecified atom stereocenters. The molecule has 2 nitrogen and oxygen atoms in total. The molecule has 1 fully saturated rings. The lowest BCUT2D eigenvalue weighted by Crippen LogP contribution is -2.29. The van der Waals surface area contributed by atoms with Crippen molar-refractivity contribution in [1.82, 2.24) is 5.32 Å². The molecular weight excluding hydrogens is 114 g/mol. The van der Waals surface area contributed by atoms with Gasteiger partial charge in [0.2, 0.25) is 0 Å². The van der Waals surface area contributed by atoms with E-state index in [2.05, 4.69) is 11.2 Å². The van der Waals surface area contributed by atoms with Crippen LogP contribution in [-0.4, -0.2) is 25.8 Å². The third-order valence-corrected chi connectivity index (χ3v) is 1.42. The average Bonchev–Trinajstić information content (AvgIpc) is 2.34. The van der Waals surface area contributed by atoms with Crippen molar-refractivity contribution in [1.29, 1.82) is 0 Å². The molecule has 1 N–H and O–H groups in total. The number of hydrogen-bond acceptors (Lipinski definition) is 2. The van der Waals surface area contributed by atoms with Crippen molar-refractivity contribution >= 4 is 0 Å². The van der Waals surface area contributed by atoms with Crippen LogP contribution in [0.25, 0.3) is 0 Å². The molecule has 9 heavy (non-hydrogen) atoms. The highest BCUT2D eigenvalue weighted by Gasteiger charge is 2.12. The first kappa shape index (κ1) is 6.60. The van der Waals surface area contributed by atoms with Crippen LogP contribution in [0, 0.1) is 12.3 Å². The lowest BCUT2D eigenvalue weighted by Gasteiger charge is -2.04. The Morgan fingerprint density at radius 3 is 3.22 bits per heavy atom. The number of nitrogens with one attached hydrogen (secondary N) is 1. The summed E-state index contributed by atoms with van der Waals surface area (Å²) in [4.78, 5) is 0. The SMILES string of the molecule is C#CCNC1CCOC1. The van der Waals surface area contributed by atoms with Crippen LogP contribution >= 0.6 is 0 Å². The molecule has 50 valence electrons. The summed E-state index contributed by atoms with van der Waals surface area (Å²) in [5, 5.41) is 3.17. The summed E-state index contributed by atoms with van der Waals surface area (Å²) in [6.45, 7) is 2.36. The summed E-state index contributed by atoms with van der Waals surface area (Å²) in [7, 11) is 0. The third kappa shape index (κ3) is 2.05. The first-order chi connectivity index (χ1) is 4.43. The lowest BCUT2D eigenvalue weighted by molar-refractivity contribution is 0.190. The monoisotopic (exact) mass is 125 g/mol. The molecule has 0 aromatic heterocycles. The fraction of sp³-hybridized carbons (Fsp3) is 0.714. The van der Waals surface area contributed by atoms with Crippen molar-refractivity contribution in [2.24, 2.45) is 0 Å². The maximum Gasteiger partial charge on any atom is 0.0620 e. The minimum absolute atomic E-state index is 0.501. The highest BCUT2D eigenvalue weighted by atomic mass is 16.5. The average molecular weight is 125 g/mol. The molecule has 0 bridgehead atoms. The van der Waals surface area contributed by atoms with E-state index in [1.54, 1.807) is 0 Å². The molecule has 1 rings (SSSR count). The maximum atomic E-state index is 5.12. The normalized spacial score (nSPS) is 25.9. The Hall–Kier alpha value is -0.520. The second-order valence-electron chi connectivity index (χ2n) is 2.15. The van der Waals surface area contributed by atoms with Crippen LogP contribution < -0.4 is 5.32 Å². The zero-order chi connectivity index (χ0) is 6.53. The van der Waals surface area contributed by atoms with Gasteiger partial charge in [0.1, 0.15) is 0 Å². The maximum absolute atomic E-state index is 5.12. The van der Waals surface area contributed by atoms with Gasteiger partial charge < -0.3 is 10.1 Å². The summed E-state index contributed by atoms with van der Waals surface area (Å²) in [5.41, 5.74) is 0. The number of hydrogen-bond donors (Lipinski definition) is 1. The van der Waals surface area contributed by atoms with Crippen molar-refractivity contribution in [2.75, 3.05) is 19.8 Å². The van der Waals surface area contributed by atoms with E-state index < -0.39 is 0 Å². The van der Waals surface area contributed by atoms with Gasteiger partial charge in [-0.25, -0.2) is 0 Å². The van der Waals surface area contributed by atoms with Crippen LogP contribution in [0.15, 0.2) is 0 Å². The largest absolute Gasteiger partial charge is 0.380 e. The molecule has 0 amide bonds. The van der Waals surface area contributed by atoms with Crippen LogP contribution in [0.4, 0.5) is 0 Å². The van der Waals surface area contributed by atoms with Crippen LogP contribution in [-0.2, 0) is 4.74 Å². The van der Waals surface area contributed by atoms with Crippen molar-refractivity contribution in [3.63, 3.8) is 0 Å². The first-order valence-electron chi connectivity index (χ1n) is 3.18. The molecule has 0 spiro atoms. The van der Waals surface area contributed by atoms with Gasteiger partial charge >= 0.3 is 0 Å². The van der Waals surface area contributed by atoms with Crippen molar-refractivity contribution in [3.05, 3.63) is 0 Å². The second-order valence-corrected chi connectivity index (χ2v) is 2.15. The van der Waals surface area contributed by atoms with Gasteiger partial charge in [0.05, 0.1) is 13.2 Å². The minimum Gasteiger partial charge on any atom is -0.380 e. The highest BCUT2D eigenvalue weighted by molar-refractivity contribution is 4.88. The van der Waals surface area contributed by atoms with Gasteiger partial charge in [-0.1, -0.05) is 5.92 Å². The first-order valence-corrected chi connectivity index (χ1v) is 3.18. The van der Waals surface area contributed by atoms with Gasteiger partial charge in [0, 0.05) is 12.6 Å². The Balaban J connectivity index is 2.06. The summed E-state index contributed by atoms with van der Waals surface area (Å²) >= 11 is 0. The second kappa shape index (κ2) is 3.49. The Labute approximate surface area is 55.6 Å². The fourth-order valence-corrected chi connectivity index (χ4v) is 0.899. The fourth-order valence-electron chi connectivity index (χ4n) is 0.899. The van der Waals surface area contributed by atoms with Crippen molar-refractivity contribution in [3.8, 4) is 12.3 Å². The molecule has 1 heterocycles. The topological polar surface area (TPSA) is 21.3 Å². The Morgan fingerprint density at radius 1 is 1.78 bits per heavy atom. The van der Waals surface area contributed by atoms with Crippen LogP contribution in [0.3, 0.4) is 0 Å². The molecule has 1 aliphatic rings. The Morgan fingerprint density at radius 2 is 2.67 bits per heavy atom. The van der Waals surface area contributed by atoms with Crippen molar-refractivity contribution < 1.29 is 4.74 Å². The molecule has 1 aliphatic heterocycles. The van der Waals surface area contributed by atoms with E-state index in [0.717, 1.165) is 19.6 Å². The Bertz CT molecular complexity index is 111. The molecule has 2 heteroatoms. The predicted molar refractivity (Wildman–Crippen MR) is 36.1 cm³/mol. The Kier molecular flexibility index (Phi) is 2.56. The van der Waals surface area contributed by atoms with Crippen LogP contribution in [0.5, 0.6) is 0 Å². The summed E-state index contributed by atoms with van der Waals surface area (Å²) in [6, 6.07) is 0.501. The molecular formula is C7H11NO. The molecule has 0 saturated carbocycles. The van der Waals surface area contributed by atoms with E-state index in [1.165, 1.54) is 0 Å². The predicted octanol–water partition coefficient (Wildman–Crippen LogP) is -0.00190. The van der Waals surface area contributed by atoms with Crippen LogP contribution in [0.1, 0.15) is 6.42 Å². The molecule has 1 atom stereocenters. The standard InChI is InChI=1S/C7H11NO/c1-2-4-8-7-3-5-9-6-7/h1,7-8H,3-6H2. The third-order valence-electron chi connectivity index (χ3n) is 1.42. The molecule has 1 saturated heterocycles. The van der Waals surface area contributed by atoms with E-state index >= 15 is 0 Å². The van der Waals surface area contributed by atoms with Gasteiger partial charge in [0.25, 0.3) is 0 Å². The lowest BCUT2D eigenvalue weighted by atomic mass is 10.3. The molecule has 0 radical (unpaired) electrons. The zero-order valence-electron chi connectivity index (χ0n) is 5.39. The van der Waals surface area contributed by atoms with Gasteiger partial charge in [0.15, 0.2) is 0 Å². The van der Waals surface area contributed by atoms with E-state index in [-0.39, 0.29) is 0 Å². The number of rotatable bonds is 2. The smallest absolute Gasteiger partial charge is 0.0620 e. The van der Waals surface area contributed by atoms with E-state index in [1.807, 2.05) is 0 Å². The van der Waals surface area contributed by atoms with Gasteiger partial charge in [-0.15, -0.1) is 6.42 Å². The zero-order valence-corrected chi connectivity index (χ0v) is 5.39. The van der Waals surface area contributed by atoms with Crippen molar-refractivity contribution in [2.45, 2.75) is 12.5 Å². The van der Waals surface area contributed by atoms with Gasteiger partial charge in [-0.3, -0.25) is 0 Å². The summed E-state index contributed by atoms with van der Waals surface area (Å²) in [5.74, 6) is 2.53. The van der Waals surface area contributed by atoms with Gasteiger partial charge in [-0.2, -0.15) is 0 Å². The van der Waals surface area contributed by atoms with Crippen LogP contribution in [0.2, 0.25) is 0 Å². The number of terminal acetylenes is 1. The van der Waals surface area contributed by atoms with Gasteiger partial charge in [-0.05, 0) is 6.42 Å². The molecule has 0 aromatic carbocycles. The summed E-state index contributed by atoms with van der Waals surface area (Å²) in [6.07, 6.45) is 6.15. The van der Waals surface area contributed by atoms with E-state index in [9.17, 15) is 0 Å². The van der Waals surface area contributed by atoms with E-state index in [4.69, 9.17) is 11.2 Å². The quantitative estimate of drug-likeness (QED) is 0.524.